The summed E-state index contributed by atoms with van der Waals surface area (Å²) in [5, 5.41) is 31.5. The number of hydrogen-bond donors (Lipinski definition) is 3. The second kappa shape index (κ2) is 6.21. The molecule has 104 valence electrons. The van der Waals surface area contributed by atoms with Gasteiger partial charge in [0.05, 0.1) is 11.0 Å². The minimum absolute atomic E-state index is 0.115. The fourth-order valence-corrected chi connectivity index (χ4v) is 1.37. The zero-order chi connectivity index (χ0) is 14.6. The van der Waals surface area contributed by atoms with E-state index in [1.54, 1.807) is 0 Å². The minimum Gasteiger partial charge on any atom is -0.480 e. The lowest BCUT2D eigenvalue weighted by atomic mass is 10.1. The van der Waals surface area contributed by atoms with Crippen LogP contribution in [0.25, 0.3) is 0 Å². The summed E-state index contributed by atoms with van der Waals surface area (Å²) in [6.07, 6.45) is -1.17. The molecule has 1 aromatic rings. The van der Waals surface area contributed by atoms with E-state index >= 15 is 0 Å². The van der Waals surface area contributed by atoms with Crippen LogP contribution in [0.5, 0.6) is 0 Å². The van der Waals surface area contributed by atoms with Crippen molar-refractivity contribution in [2.24, 2.45) is 0 Å². The lowest BCUT2D eigenvalue weighted by molar-refractivity contribution is -0.387. The third kappa shape index (κ3) is 3.97. The Hall–Kier alpha value is -2.06. The van der Waals surface area contributed by atoms with Crippen molar-refractivity contribution >= 4 is 11.7 Å². The number of halogens is 1. The molecule has 2 unspecified atom stereocenters. The van der Waals surface area contributed by atoms with Crippen LogP contribution in [-0.2, 0) is 4.79 Å². The SMILES string of the molecule is CC(NCC(O)c1ccc(F)c([N+](=O)[O-])c1)C(=O)O. The first-order chi connectivity index (χ1) is 8.82. The minimum atomic E-state index is -1.17. The van der Waals surface area contributed by atoms with Crippen LogP contribution < -0.4 is 5.32 Å². The van der Waals surface area contributed by atoms with E-state index in [4.69, 9.17) is 5.11 Å². The van der Waals surface area contributed by atoms with Crippen molar-refractivity contribution < 1.29 is 24.3 Å². The summed E-state index contributed by atoms with van der Waals surface area (Å²) < 4.78 is 13.1. The molecule has 0 radical (unpaired) electrons. The number of aliphatic carboxylic acids is 1. The van der Waals surface area contributed by atoms with Crippen molar-refractivity contribution in [2.45, 2.75) is 19.1 Å². The van der Waals surface area contributed by atoms with Gasteiger partial charge in [0.2, 0.25) is 5.82 Å². The van der Waals surface area contributed by atoms with Crippen molar-refractivity contribution in [3.63, 3.8) is 0 Å². The van der Waals surface area contributed by atoms with Gasteiger partial charge in [-0.15, -0.1) is 0 Å². The van der Waals surface area contributed by atoms with E-state index in [1.807, 2.05) is 0 Å². The Bertz CT molecular complexity index is 494. The third-order valence-corrected chi connectivity index (χ3v) is 2.54. The number of benzene rings is 1. The molecule has 0 aliphatic carbocycles. The highest BCUT2D eigenvalue weighted by atomic mass is 19.1. The molecule has 1 rings (SSSR count). The Morgan fingerprint density at radius 3 is 2.74 bits per heavy atom. The first kappa shape index (κ1) is 15.0. The van der Waals surface area contributed by atoms with Gasteiger partial charge < -0.3 is 15.5 Å². The van der Waals surface area contributed by atoms with E-state index in [-0.39, 0.29) is 12.1 Å². The van der Waals surface area contributed by atoms with Gasteiger partial charge in [-0.2, -0.15) is 4.39 Å². The van der Waals surface area contributed by atoms with Gasteiger partial charge in [-0.1, -0.05) is 6.07 Å². The van der Waals surface area contributed by atoms with Crippen molar-refractivity contribution in [3.8, 4) is 0 Å². The van der Waals surface area contributed by atoms with E-state index < -0.39 is 34.5 Å². The van der Waals surface area contributed by atoms with Crippen LogP contribution >= 0.6 is 0 Å². The van der Waals surface area contributed by atoms with Crippen LogP contribution in [0.15, 0.2) is 18.2 Å². The van der Waals surface area contributed by atoms with Crippen molar-refractivity contribution in [3.05, 3.63) is 39.7 Å². The highest BCUT2D eigenvalue weighted by Gasteiger charge is 2.19. The molecule has 0 aliphatic rings. The first-order valence-electron chi connectivity index (χ1n) is 5.41. The summed E-state index contributed by atoms with van der Waals surface area (Å²) in [6, 6.07) is 2.15. The fraction of sp³-hybridized carbons (Fsp3) is 0.364. The molecular weight excluding hydrogens is 259 g/mol. The molecule has 0 fully saturated rings. The van der Waals surface area contributed by atoms with Gasteiger partial charge in [0.1, 0.15) is 6.04 Å². The summed E-state index contributed by atoms with van der Waals surface area (Å²) in [7, 11) is 0. The largest absolute Gasteiger partial charge is 0.480 e. The topological polar surface area (TPSA) is 113 Å². The molecule has 0 spiro atoms. The summed E-state index contributed by atoms with van der Waals surface area (Å²) in [5.74, 6) is -2.08. The predicted octanol–water partition coefficient (Wildman–Crippen LogP) is 0.830. The number of nitrogens with zero attached hydrogens (tertiary/aromatic N) is 1. The summed E-state index contributed by atoms with van der Waals surface area (Å²) in [4.78, 5) is 20.2. The summed E-state index contributed by atoms with van der Waals surface area (Å²) in [6.45, 7) is 1.28. The van der Waals surface area contributed by atoms with Crippen LogP contribution in [0, 0.1) is 15.9 Å². The highest BCUT2D eigenvalue weighted by molar-refractivity contribution is 5.72. The van der Waals surface area contributed by atoms with Gasteiger partial charge in [-0.3, -0.25) is 14.9 Å². The average molecular weight is 272 g/mol. The lowest BCUT2D eigenvalue weighted by Gasteiger charge is -2.14. The highest BCUT2D eigenvalue weighted by Crippen LogP contribution is 2.22. The second-order valence-electron chi connectivity index (χ2n) is 3.95. The van der Waals surface area contributed by atoms with Crippen molar-refractivity contribution in [2.75, 3.05) is 6.54 Å². The van der Waals surface area contributed by atoms with Crippen molar-refractivity contribution in [1.29, 1.82) is 0 Å². The van der Waals surface area contributed by atoms with Gasteiger partial charge in [0.15, 0.2) is 0 Å². The Balaban J connectivity index is 2.77. The quantitative estimate of drug-likeness (QED) is 0.522. The van der Waals surface area contributed by atoms with E-state index in [0.717, 1.165) is 12.1 Å². The van der Waals surface area contributed by atoms with Gasteiger partial charge in [0, 0.05) is 12.6 Å². The van der Waals surface area contributed by atoms with Crippen LogP contribution in [-0.4, -0.2) is 33.7 Å². The molecule has 3 N–H and O–H groups in total. The normalized spacial score (nSPS) is 13.8. The molecule has 0 amide bonds. The lowest BCUT2D eigenvalue weighted by Crippen LogP contribution is -2.36. The number of nitro groups is 1. The molecule has 7 nitrogen and oxygen atoms in total. The average Bonchev–Trinajstić information content (AvgIpc) is 2.35. The zero-order valence-corrected chi connectivity index (χ0v) is 10.0. The Morgan fingerprint density at radius 1 is 1.58 bits per heavy atom. The first-order valence-corrected chi connectivity index (χ1v) is 5.41. The van der Waals surface area contributed by atoms with Gasteiger partial charge >= 0.3 is 11.7 Å². The van der Waals surface area contributed by atoms with Crippen LogP contribution in [0.3, 0.4) is 0 Å². The molecule has 0 saturated carbocycles. The number of hydrogen-bond acceptors (Lipinski definition) is 5. The molecule has 0 aliphatic heterocycles. The van der Waals surface area contributed by atoms with Crippen molar-refractivity contribution in [1.82, 2.24) is 5.32 Å². The standard InChI is InChI=1S/C11H13FN2O5/c1-6(11(16)17)13-5-10(15)7-2-3-8(12)9(4-7)14(18)19/h2-4,6,10,13,15H,5H2,1H3,(H,16,17). The van der Waals surface area contributed by atoms with Crippen LogP contribution in [0.4, 0.5) is 10.1 Å². The van der Waals surface area contributed by atoms with E-state index in [1.165, 1.54) is 13.0 Å². The molecular formula is C11H13FN2O5. The Kier molecular flexibility index (Phi) is 4.90. The van der Waals surface area contributed by atoms with Gasteiger partial charge in [-0.05, 0) is 18.6 Å². The maximum Gasteiger partial charge on any atom is 0.320 e. The second-order valence-corrected chi connectivity index (χ2v) is 3.95. The Morgan fingerprint density at radius 2 is 2.21 bits per heavy atom. The smallest absolute Gasteiger partial charge is 0.320 e. The van der Waals surface area contributed by atoms with Gasteiger partial charge in [0.25, 0.3) is 0 Å². The molecule has 0 bridgehead atoms. The Labute approximate surface area is 107 Å². The maximum absolute atomic E-state index is 13.1. The number of rotatable bonds is 6. The van der Waals surface area contributed by atoms with E-state index in [2.05, 4.69) is 5.32 Å². The van der Waals surface area contributed by atoms with Crippen LogP contribution in [0.2, 0.25) is 0 Å². The number of aliphatic hydroxyl groups excluding tert-OH is 1. The summed E-state index contributed by atoms with van der Waals surface area (Å²) >= 11 is 0. The predicted molar refractivity (Wildman–Crippen MR) is 63.1 cm³/mol. The molecule has 1 aromatic carbocycles. The monoisotopic (exact) mass is 272 g/mol. The molecule has 8 heteroatoms. The maximum atomic E-state index is 13.1. The van der Waals surface area contributed by atoms with E-state index in [9.17, 15) is 24.4 Å². The molecule has 0 saturated heterocycles. The third-order valence-electron chi connectivity index (χ3n) is 2.54. The summed E-state index contributed by atoms with van der Waals surface area (Å²) in [5.41, 5.74) is -0.596. The molecule has 19 heavy (non-hydrogen) atoms. The van der Waals surface area contributed by atoms with Crippen LogP contribution in [0.1, 0.15) is 18.6 Å². The molecule has 0 aromatic heterocycles. The number of carbonyl (C=O) groups is 1. The number of nitro benzene ring substituents is 1. The zero-order valence-electron chi connectivity index (χ0n) is 10.0. The number of nitrogens with one attached hydrogen (secondary N) is 1. The molecule has 2 atom stereocenters. The molecule has 0 heterocycles. The number of carboxylic acid groups (broad SMARTS) is 1. The van der Waals surface area contributed by atoms with Gasteiger partial charge in [-0.25, -0.2) is 0 Å². The fourth-order valence-electron chi connectivity index (χ4n) is 1.37. The number of carboxylic acids is 1. The van der Waals surface area contributed by atoms with E-state index in [0.29, 0.717) is 0 Å². The number of aliphatic hydroxyl groups is 1.